The van der Waals surface area contributed by atoms with Gasteiger partial charge in [0.05, 0.1) is 7.11 Å². The van der Waals surface area contributed by atoms with Crippen molar-refractivity contribution >= 4 is 28.4 Å². The Kier molecular flexibility index (Phi) is 5.66. The molecule has 1 amide bonds. The molecule has 0 spiro atoms. The van der Waals surface area contributed by atoms with Crippen molar-refractivity contribution in [1.29, 1.82) is 0 Å². The van der Waals surface area contributed by atoms with E-state index in [2.05, 4.69) is 10.1 Å². The van der Waals surface area contributed by atoms with Crippen LogP contribution in [0.25, 0.3) is 16.8 Å². The molecular formula is C21H17F2NO3. The third-order valence-electron chi connectivity index (χ3n) is 3.88. The molecule has 0 aliphatic heterocycles. The molecule has 138 valence electrons. The Bertz CT molecular complexity index is 981. The van der Waals surface area contributed by atoms with Crippen molar-refractivity contribution in [2.24, 2.45) is 0 Å². The summed E-state index contributed by atoms with van der Waals surface area (Å²) in [4.78, 5) is 12.2. The molecule has 4 nitrogen and oxygen atoms in total. The van der Waals surface area contributed by atoms with E-state index in [4.69, 9.17) is 4.74 Å². The van der Waals surface area contributed by atoms with Crippen molar-refractivity contribution in [2.75, 3.05) is 12.4 Å². The van der Waals surface area contributed by atoms with E-state index < -0.39 is 6.61 Å². The first-order valence-corrected chi connectivity index (χ1v) is 8.16. The van der Waals surface area contributed by atoms with Gasteiger partial charge in [-0.25, -0.2) is 0 Å². The lowest BCUT2D eigenvalue weighted by atomic mass is 10.1. The summed E-state index contributed by atoms with van der Waals surface area (Å²) in [5, 5.41) is 4.81. The first-order valence-electron chi connectivity index (χ1n) is 8.16. The largest absolute Gasteiger partial charge is 0.493 e. The molecular weight excluding hydrogens is 352 g/mol. The zero-order valence-electron chi connectivity index (χ0n) is 14.5. The van der Waals surface area contributed by atoms with Crippen molar-refractivity contribution in [2.45, 2.75) is 6.61 Å². The molecule has 6 heteroatoms. The van der Waals surface area contributed by atoms with Crippen molar-refractivity contribution in [3.8, 4) is 11.5 Å². The number of fused-ring (bicyclic) bond motifs is 1. The number of ether oxygens (including phenoxy) is 2. The minimum Gasteiger partial charge on any atom is -0.493 e. The highest BCUT2D eigenvalue weighted by Crippen LogP contribution is 2.30. The normalized spacial score (nSPS) is 11.1. The van der Waals surface area contributed by atoms with Gasteiger partial charge in [-0.15, -0.1) is 0 Å². The Hall–Kier alpha value is -3.41. The van der Waals surface area contributed by atoms with Gasteiger partial charge in [0.15, 0.2) is 11.5 Å². The lowest BCUT2D eigenvalue weighted by molar-refractivity contribution is -0.111. The molecule has 3 rings (SSSR count). The van der Waals surface area contributed by atoms with E-state index in [1.54, 1.807) is 12.1 Å². The molecule has 27 heavy (non-hydrogen) atoms. The fraction of sp³-hybridized carbons (Fsp3) is 0.0952. The monoisotopic (exact) mass is 369 g/mol. The Morgan fingerprint density at radius 2 is 1.81 bits per heavy atom. The summed E-state index contributed by atoms with van der Waals surface area (Å²) in [6.07, 6.45) is 2.93. The highest BCUT2D eigenvalue weighted by Gasteiger charge is 2.10. The molecule has 0 saturated carbocycles. The van der Waals surface area contributed by atoms with E-state index in [-0.39, 0.29) is 17.4 Å². The first kappa shape index (κ1) is 18.4. The van der Waals surface area contributed by atoms with Gasteiger partial charge in [-0.05, 0) is 35.2 Å². The molecule has 0 heterocycles. The Morgan fingerprint density at radius 1 is 1.04 bits per heavy atom. The van der Waals surface area contributed by atoms with E-state index in [9.17, 15) is 13.6 Å². The van der Waals surface area contributed by atoms with Crippen LogP contribution in [-0.4, -0.2) is 19.6 Å². The summed E-state index contributed by atoms with van der Waals surface area (Å²) in [5.74, 6) is -0.213. The van der Waals surface area contributed by atoms with Crippen molar-refractivity contribution in [1.82, 2.24) is 0 Å². The number of rotatable bonds is 6. The minimum atomic E-state index is -2.94. The molecule has 0 bridgehead atoms. The lowest BCUT2D eigenvalue weighted by Crippen LogP contribution is -2.08. The van der Waals surface area contributed by atoms with Gasteiger partial charge in [-0.2, -0.15) is 8.78 Å². The number of hydrogen-bond acceptors (Lipinski definition) is 3. The van der Waals surface area contributed by atoms with Crippen LogP contribution in [0.1, 0.15) is 5.56 Å². The summed E-state index contributed by atoms with van der Waals surface area (Å²) in [7, 11) is 1.36. The van der Waals surface area contributed by atoms with Crippen LogP contribution in [0.15, 0.2) is 66.7 Å². The SMILES string of the molecule is COc1cc(/C=C/C(=O)Nc2cccc3ccccc23)ccc1OC(F)F. The van der Waals surface area contributed by atoms with E-state index in [1.165, 1.54) is 25.3 Å². The topological polar surface area (TPSA) is 47.6 Å². The highest BCUT2D eigenvalue weighted by atomic mass is 19.3. The molecule has 0 atom stereocenters. The maximum absolute atomic E-state index is 12.4. The predicted molar refractivity (Wildman–Crippen MR) is 101 cm³/mol. The van der Waals surface area contributed by atoms with Crippen molar-refractivity contribution in [3.05, 3.63) is 72.3 Å². The Labute approximate surface area is 155 Å². The van der Waals surface area contributed by atoms with Crippen LogP contribution in [0.3, 0.4) is 0 Å². The smallest absolute Gasteiger partial charge is 0.387 e. The standard InChI is InChI=1S/C21H17F2NO3/c1-26-19-13-14(9-11-18(19)27-21(22)23)10-12-20(25)24-17-8-4-6-15-5-2-3-7-16(15)17/h2-13,21H,1H3,(H,24,25)/b12-10+. The summed E-state index contributed by atoms with van der Waals surface area (Å²) < 4.78 is 34.1. The van der Waals surface area contributed by atoms with Gasteiger partial charge >= 0.3 is 6.61 Å². The maximum atomic E-state index is 12.4. The van der Waals surface area contributed by atoms with Crippen molar-refractivity contribution in [3.63, 3.8) is 0 Å². The minimum absolute atomic E-state index is 0.0649. The van der Waals surface area contributed by atoms with Crippen LogP contribution in [0.4, 0.5) is 14.5 Å². The van der Waals surface area contributed by atoms with Crippen LogP contribution < -0.4 is 14.8 Å². The summed E-state index contributed by atoms with van der Waals surface area (Å²) in [5.41, 5.74) is 1.32. The van der Waals surface area contributed by atoms with Crippen molar-refractivity contribution < 1.29 is 23.0 Å². The molecule has 0 aromatic heterocycles. The zero-order valence-corrected chi connectivity index (χ0v) is 14.5. The maximum Gasteiger partial charge on any atom is 0.387 e. The van der Waals surface area contributed by atoms with E-state index in [0.29, 0.717) is 11.3 Å². The number of carbonyl (C=O) groups excluding carboxylic acids is 1. The number of methoxy groups -OCH3 is 1. The second-order valence-electron chi connectivity index (χ2n) is 5.64. The molecule has 0 saturated heterocycles. The van der Waals surface area contributed by atoms with Gasteiger partial charge < -0.3 is 14.8 Å². The van der Waals surface area contributed by atoms with E-state index in [1.807, 2.05) is 42.5 Å². The number of nitrogens with one attached hydrogen (secondary N) is 1. The molecule has 3 aromatic rings. The van der Waals surface area contributed by atoms with Gasteiger partial charge in [-0.3, -0.25) is 4.79 Å². The molecule has 0 fully saturated rings. The van der Waals surface area contributed by atoms with Gasteiger partial charge in [0.1, 0.15) is 0 Å². The van der Waals surface area contributed by atoms with Crippen LogP contribution in [0.2, 0.25) is 0 Å². The van der Waals surface area contributed by atoms with Crippen LogP contribution in [-0.2, 0) is 4.79 Å². The molecule has 0 aliphatic rings. The molecule has 3 aromatic carbocycles. The van der Waals surface area contributed by atoms with Crippen LogP contribution in [0, 0.1) is 0 Å². The summed E-state index contributed by atoms with van der Waals surface area (Å²) in [6.45, 7) is -2.94. The number of halogens is 2. The third-order valence-corrected chi connectivity index (χ3v) is 3.88. The van der Waals surface area contributed by atoms with Gasteiger partial charge in [-0.1, -0.05) is 42.5 Å². The van der Waals surface area contributed by atoms with Gasteiger partial charge in [0.2, 0.25) is 5.91 Å². The van der Waals surface area contributed by atoms with E-state index >= 15 is 0 Å². The number of carbonyl (C=O) groups is 1. The van der Waals surface area contributed by atoms with Crippen LogP contribution >= 0.6 is 0 Å². The Balaban J connectivity index is 1.74. The summed E-state index contributed by atoms with van der Waals surface area (Å²) in [6, 6.07) is 17.8. The third kappa shape index (κ3) is 4.61. The van der Waals surface area contributed by atoms with Crippen LogP contribution in [0.5, 0.6) is 11.5 Å². The first-order chi connectivity index (χ1) is 13.1. The van der Waals surface area contributed by atoms with Gasteiger partial charge in [0.25, 0.3) is 0 Å². The number of hydrogen-bond donors (Lipinski definition) is 1. The van der Waals surface area contributed by atoms with E-state index in [0.717, 1.165) is 10.8 Å². The fourth-order valence-electron chi connectivity index (χ4n) is 2.66. The zero-order chi connectivity index (χ0) is 19.2. The molecule has 0 aliphatic carbocycles. The highest BCUT2D eigenvalue weighted by molar-refractivity contribution is 6.07. The summed E-state index contributed by atoms with van der Waals surface area (Å²) >= 11 is 0. The quantitative estimate of drug-likeness (QED) is 0.615. The second-order valence-corrected chi connectivity index (χ2v) is 5.64. The van der Waals surface area contributed by atoms with Gasteiger partial charge in [0, 0.05) is 17.1 Å². The predicted octanol–water partition coefficient (Wildman–Crippen LogP) is 5.10. The molecule has 0 unspecified atom stereocenters. The average molecular weight is 369 g/mol. The lowest BCUT2D eigenvalue weighted by Gasteiger charge is -2.10. The molecule has 0 radical (unpaired) electrons. The number of amides is 1. The average Bonchev–Trinajstić information content (AvgIpc) is 2.67. The molecule has 1 N–H and O–H groups in total. The number of alkyl halides is 2. The second kappa shape index (κ2) is 8.31. The number of anilines is 1. The Morgan fingerprint density at radius 3 is 2.59 bits per heavy atom. The number of benzene rings is 3. The fourth-order valence-corrected chi connectivity index (χ4v) is 2.66.